The van der Waals surface area contributed by atoms with E-state index in [0.29, 0.717) is 17.4 Å². The van der Waals surface area contributed by atoms with Gasteiger partial charge in [0.05, 0.1) is 6.26 Å². The van der Waals surface area contributed by atoms with E-state index in [4.69, 9.17) is 9.47 Å². The van der Waals surface area contributed by atoms with Crippen LogP contribution in [0.4, 0.5) is 13.2 Å². The van der Waals surface area contributed by atoms with E-state index in [1.165, 1.54) is 56.9 Å². The van der Waals surface area contributed by atoms with Gasteiger partial charge in [0.2, 0.25) is 11.6 Å². The molecule has 5 heteroatoms. The second-order valence-corrected chi connectivity index (χ2v) is 9.94. The predicted molar refractivity (Wildman–Crippen MR) is 133 cm³/mol. The van der Waals surface area contributed by atoms with Crippen molar-refractivity contribution in [3.05, 3.63) is 83.9 Å². The highest BCUT2D eigenvalue weighted by Gasteiger charge is 2.31. The molecule has 188 valence electrons. The highest BCUT2D eigenvalue weighted by atomic mass is 19.2. The van der Waals surface area contributed by atoms with E-state index in [0.717, 1.165) is 30.2 Å². The van der Waals surface area contributed by atoms with Gasteiger partial charge in [0.15, 0.2) is 11.5 Å². The molecule has 2 aliphatic rings. The first-order valence-electron chi connectivity index (χ1n) is 12.8. The molecule has 0 N–H and O–H groups in total. The van der Waals surface area contributed by atoms with Crippen molar-refractivity contribution >= 4 is 0 Å². The Bertz CT molecular complexity index is 1030. The highest BCUT2D eigenvalue weighted by molar-refractivity contribution is 5.36. The Labute approximate surface area is 206 Å². The number of hydrogen-bond donors (Lipinski definition) is 0. The highest BCUT2D eigenvalue weighted by Crippen LogP contribution is 2.44. The Morgan fingerprint density at radius 2 is 1.49 bits per heavy atom. The van der Waals surface area contributed by atoms with Crippen LogP contribution in [0.3, 0.4) is 0 Å². The van der Waals surface area contributed by atoms with Crippen molar-refractivity contribution in [1.82, 2.24) is 0 Å². The first-order chi connectivity index (χ1) is 17.0. The maximum atomic E-state index is 14.8. The summed E-state index contributed by atoms with van der Waals surface area (Å²) >= 11 is 0. The minimum atomic E-state index is -1.15. The number of halogens is 3. The van der Waals surface area contributed by atoms with Crippen LogP contribution in [0.15, 0.2) is 55.3 Å². The molecule has 0 atom stereocenters. The van der Waals surface area contributed by atoms with Crippen molar-refractivity contribution in [3.63, 3.8) is 0 Å². The number of allylic oxidation sites excluding steroid dienone is 2. The lowest BCUT2D eigenvalue weighted by Gasteiger charge is -2.37. The first-order valence-corrected chi connectivity index (χ1v) is 12.8. The molecule has 0 amide bonds. The molecule has 0 heterocycles. The third-order valence-corrected chi connectivity index (χ3v) is 7.86. The summed E-state index contributed by atoms with van der Waals surface area (Å²) < 4.78 is 53.7. The Balaban J connectivity index is 1.32. The number of hydrogen-bond acceptors (Lipinski definition) is 2. The second-order valence-electron chi connectivity index (χ2n) is 9.94. The van der Waals surface area contributed by atoms with Crippen molar-refractivity contribution in [2.75, 3.05) is 0 Å². The summed E-state index contributed by atoms with van der Waals surface area (Å²) in [7, 11) is 0. The summed E-state index contributed by atoms with van der Waals surface area (Å²) in [5.41, 5.74) is 1.33. The maximum Gasteiger partial charge on any atom is 0.205 e. The van der Waals surface area contributed by atoms with Crippen molar-refractivity contribution in [2.24, 2.45) is 17.8 Å². The fraction of sp³-hybridized carbons (Fsp3) is 0.467. The molecule has 2 aliphatic carbocycles. The zero-order valence-corrected chi connectivity index (χ0v) is 20.4. The molecular weight excluding hydrogens is 449 g/mol. The molecule has 0 aromatic heterocycles. The predicted octanol–water partition coefficient (Wildman–Crippen LogP) is 8.86. The van der Waals surface area contributed by atoms with Crippen LogP contribution in [-0.2, 0) is 6.61 Å². The Morgan fingerprint density at radius 3 is 2.11 bits per heavy atom. The third kappa shape index (κ3) is 6.12. The van der Waals surface area contributed by atoms with E-state index < -0.39 is 11.6 Å². The lowest BCUT2D eigenvalue weighted by molar-refractivity contribution is 0.171. The molecule has 2 fully saturated rings. The zero-order chi connectivity index (χ0) is 24.8. The van der Waals surface area contributed by atoms with Crippen LogP contribution in [-0.4, -0.2) is 0 Å². The topological polar surface area (TPSA) is 18.5 Å². The van der Waals surface area contributed by atoms with Gasteiger partial charge in [-0.1, -0.05) is 24.3 Å². The van der Waals surface area contributed by atoms with Gasteiger partial charge in [-0.25, -0.2) is 4.39 Å². The molecule has 2 aromatic rings. The molecule has 0 aliphatic heterocycles. The van der Waals surface area contributed by atoms with Gasteiger partial charge >= 0.3 is 0 Å². The average Bonchev–Trinajstić information content (AvgIpc) is 2.89. The van der Waals surface area contributed by atoms with Crippen molar-refractivity contribution < 1.29 is 22.6 Å². The molecule has 0 radical (unpaired) electrons. The molecule has 0 bridgehead atoms. The molecule has 0 unspecified atom stereocenters. The summed E-state index contributed by atoms with van der Waals surface area (Å²) in [6.07, 6.45) is 14.7. The van der Waals surface area contributed by atoms with Gasteiger partial charge in [0, 0.05) is 5.56 Å². The van der Waals surface area contributed by atoms with Gasteiger partial charge in [-0.05, 0) is 106 Å². The van der Waals surface area contributed by atoms with Crippen LogP contribution >= 0.6 is 0 Å². The summed E-state index contributed by atoms with van der Waals surface area (Å²) in [5.74, 6) is -0.489. The van der Waals surface area contributed by atoms with E-state index in [-0.39, 0.29) is 23.9 Å². The van der Waals surface area contributed by atoms with Crippen molar-refractivity contribution in [3.8, 4) is 11.5 Å². The number of rotatable bonds is 8. The smallest absolute Gasteiger partial charge is 0.205 e. The Kier molecular flexibility index (Phi) is 8.59. The summed E-state index contributed by atoms with van der Waals surface area (Å²) in [4.78, 5) is 0. The van der Waals surface area contributed by atoms with E-state index in [1.807, 2.05) is 6.07 Å². The molecule has 4 rings (SSSR count). The monoisotopic (exact) mass is 484 g/mol. The first kappa shape index (κ1) is 25.4. The van der Waals surface area contributed by atoms with E-state index in [1.54, 1.807) is 25.1 Å². The minimum absolute atomic E-state index is 0.183. The largest absolute Gasteiger partial charge is 0.486 e. The fourth-order valence-electron chi connectivity index (χ4n) is 5.72. The Hall–Kier alpha value is -2.69. The Morgan fingerprint density at radius 1 is 0.857 bits per heavy atom. The van der Waals surface area contributed by atoms with Crippen LogP contribution in [0.25, 0.3) is 0 Å². The molecule has 0 saturated heterocycles. The molecule has 2 saturated carbocycles. The molecule has 2 aromatic carbocycles. The quantitative estimate of drug-likeness (QED) is 0.275. The second kappa shape index (κ2) is 11.8. The van der Waals surface area contributed by atoms with Crippen LogP contribution in [0, 0.1) is 35.2 Å². The summed E-state index contributed by atoms with van der Waals surface area (Å²) in [5, 5.41) is 0. The fourth-order valence-corrected chi connectivity index (χ4v) is 5.72. The molecule has 35 heavy (non-hydrogen) atoms. The van der Waals surface area contributed by atoms with E-state index >= 15 is 0 Å². The standard InChI is InChI=1S/C30H35F3O2/c1-3-17-34-27-15-16-28(30(33)29(27)32)35-19-25-14-13-24(18-26(25)31)23-11-9-22(10-12-23)21-7-5-20(4-2)6-8-21/h3-4,13-18,20-23H,2,5-12,19H2,1H3. The van der Waals surface area contributed by atoms with Crippen molar-refractivity contribution in [2.45, 2.75) is 70.8 Å². The molecule has 2 nitrogen and oxygen atoms in total. The van der Waals surface area contributed by atoms with E-state index in [9.17, 15) is 13.2 Å². The van der Waals surface area contributed by atoms with Gasteiger partial charge < -0.3 is 9.47 Å². The van der Waals surface area contributed by atoms with Crippen LogP contribution in [0.2, 0.25) is 0 Å². The van der Waals surface area contributed by atoms with Crippen molar-refractivity contribution in [1.29, 1.82) is 0 Å². The van der Waals surface area contributed by atoms with Gasteiger partial charge in [-0.3, -0.25) is 0 Å². The average molecular weight is 485 g/mol. The molecule has 0 spiro atoms. The maximum absolute atomic E-state index is 14.8. The van der Waals surface area contributed by atoms with Gasteiger partial charge in [0.25, 0.3) is 0 Å². The lowest BCUT2D eigenvalue weighted by Crippen LogP contribution is -2.25. The number of ether oxygens (including phenoxy) is 2. The van der Waals surface area contributed by atoms with Crippen LogP contribution in [0.5, 0.6) is 11.5 Å². The third-order valence-electron chi connectivity index (χ3n) is 7.86. The van der Waals surface area contributed by atoms with Crippen LogP contribution < -0.4 is 9.47 Å². The summed E-state index contributed by atoms with van der Waals surface area (Å²) in [6.45, 7) is 5.47. The zero-order valence-electron chi connectivity index (χ0n) is 20.4. The lowest BCUT2D eigenvalue weighted by atomic mass is 9.68. The SMILES string of the molecule is C=CC1CCC(C2CCC(c3ccc(COc4ccc(OC=CC)c(F)c4F)c(F)c3)CC2)CC1. The number of benzene rings is 2. The normalized spacial score (nSPS) is 24.9. The van der Waals surface area contributed by atoms with Gasteiger partial charge in [-0.15, -0.1) is 6.58 Å². The van der Waals surface area contributed by atoms with Gasteiger partial charge in [-0.2, -0.15) is 8.78 Å². The van der Waals surface area contributed by atoms with Gasteiger partial charge in [0.1, 0.15) is 12.4 Å². The van der Waals surface area contributed by atoms with E-state index in [2.05, 4.69) is 12.7 Å². The molecular formula is C30H35F3O2. The minimum Gasteiger partial charge on any atom is -0.486 e. The van der Waals surface area contributed by atoms with Crippen LogP contribution in [0.1, 0.15) is 75.3 Å². The summed E-state index contributed by atoms with van der Waals surface area (Å²) in [6, 6.07) is 7.81.